The number of hydrogen-bond acceptors (Lipinski definition) is 4. The lowest BCUT2D eigenvalue weighted by atomic mass is 10.1. The van der Waals surface area contributed by atoms with Crippen LogP contribution in [0.2, 0.25) is 0 Å². The molecule has 2 aromatic heterocycles. The van der Waals surface area contributed by atoms with Gasteiger partial charge in [0.25, 0.3) is 5.91 Å². The van der Waals surface area contributed by atoms with Gasteiger partial charge in [0.15, 0.2) is 6.04 Å². The highest BCUT2D eigenvalue weighted by atomic mass is 16.2. The lowest BCUT2D eigenvalue weighted by Crippen LogP contribution is -2.32. The quantitative estimate of drug-likeness (QED) is 0.729. The normalized spacial score (nSPS) is 12.1. The van der Waals surface area contributed by atoms with E-state index in [0.29, 0.717) is 5.69 Å². The van der Waals surface area contributed by atoms with Crippen molar-refractivity contribution >= 4 is 5.91 Å². The fourth-order valence-electron chi connectivity index (χ4n) is 2.38. The topological polar surface area (TPSA) is 68.8 Å². The van der Waals surface area contributed by atoms with Crippen molar-refractivity contribution in [3.63, 3.8) is 0 Å². The first-order valence-electron chi connectivity index (χ1n) is 7.23. The molecule has 0 aliphatic rings. The van der Waals surface area contributed by atoms with Crippen LogP contribution in [0.1, 0.15) is 11.6 Å². The Morgan fingerprint density at radius 2 is 1.91 bits per heavy atom. The molecule has 1 amide bonds. The number of carbonyl (C=O) groups excluding carboxylic acids is 1. The molecule has 3 aromatic rings. The summed E-state index contributed by atoms with van der Waals surface area (Å²) >= 11 is 0. The Morgan fingerprint density at radius 3 is 2.52 bits per heavy atom. The fourth-order valence-corrected chi connectivity index (χ4v) is 2.38. The Morgan fingerprint density at radius 1 is 1.17 bits per heavy atom. The minimum Gasteiger partial charge on any atom is -0.347 e. The second kappa shape index (κ2) is 6.04. The zero-order valence-corrected chi connectivity index (χ0v) is 13.3. The third kappa shape index (κ3) is 2.98. The van der Waals surface area contributed by atoms with E-state index in [9.17, 15) is 4.79 Å². The standard InChI is InChI=1S/C16H18N6O/c1-20(2)16(23)15(12-7-5-4-6-8-12)22-11-14(18-19-22)13-9-17-21(3)10-13/h4-11,15H,1-3H3. The minimum atomic E-state index is -0.538. The van der Waals surface area contributed by atoms with Crippen molar-refractivity contribution in [2.45, 2.75) is 6.04 Å². The Kier molecular flexibility index (Phi) is 3.92. The van der Waals surface area contributed by atoms with Crippen molar-refractivity contribution < 1.29 is 4.79 Å². The first-order valence-corrected chi connectivity index (χ1v) is 7.23. The van der Waals surface area contributed by atoms with Crippen molar-refractivity contribution in [2.24, 2.45) is 7.05 Å². The molecular weight excluding hydrogens is 292 g/mol. The van der Waals surface area contributed by atoms with Gasteiger partial charge in [-0.1, -0.05) is 35.5 Å². The van der Waals surface area contributed by atoms with Gasteiger partial charge in [0.05, 0.1) is 12.4 Å². The minimum absolute atomic E-state index is 0.0566. The van der Waals surface area contributed by atoms with Crippen LogP contribution in [0.25, 0.3) is 11.3 Å². The molecule has 0 aliphatic carbocycles. The molecule has 7 heteroatoms. The van der Waals surface area contributed by atoms with E-state index in [1.807, 2.05) is 43.6 Å². The molecule has 0 bridgehead atoms. The molecule has 0 saturated carbocycles. The molecule has 0 aliphatic heterocycles. The fraction of sp³-hybridized carbons (Fsp3) is 0.250. The van der Waals surface area contributed by atoms with Crippen LogP contribution in [0.4, 0.5) is 0 Å². The van der Waals surface area contributed by atoms with Crippen molar-refractivity contribution in [2.75, 3.05) is 14.1 Å². The second-order valence-corrected chi connectivity index (χ2v) is 5.53. The van der Waals surface area contributed by atoms with Gasteiger partial charge in [-0.2, -0.15) is 5.10 Å². The van der Waals surface area contributed by atoms with Gasteiger partial charge in [0.2, 0.25) is 0 Å². The summed E-state index contributed by atoms with van der Waals surface area (Å²) in [7, 11) is 5.31. The second-order valence-electron chi connectivity index (χ2n) is 5.53. The number of hydrogen-bond donors (Lipinski definition) is 0. The maximum Gasteiger partial charge on any atom is 0.251 e. The number of rotatable bonds is 4. The maximum absolute atomic E-state index is 12.6. The zero-order valence-electron chi connectivity index (χ0n) is 13.3. The third-order valence-corrected chi connectivity index (χ3v) is 3.57. The molecule has 1 unspecified atom stereocenters. The van der Waals surface area contributed by atoms with Gasteiger partial charge in [-0.25, -0.2) is 4.68 Å². The smallest absolute Gasteiger partial charge is 0.251 e. The number of nitrogens with zero attached hydrogens (tertiary/aromatic N) is 6. The molecule has 1 atom stereocenters. The van der Waals surface area contributed by atoms with Gasteiger partial charge in [-0.3, -0.25) is 9.48 Å². The lowest BCUT2D eigenvalue weighted by Gasteiger charge is -2.20. The van der Waals surface area contributed by atoms with Crippen LogP contribution in [-0.4, -0.2) is 49.7 Å². The third-order valence-electron chi connectivity index (χ3n) is 3.57. The first kappa shape index (κ1) is 15.0. The van der Waals surface area contributed by atoms with E-state index >= 15 is 0 Å². The summed E-state index contributed by atoms with van der Waals surface area (Å²) < 4.78 is 3.30. The van der Waals surface area contributed by atoms with E-state index in [1.165, 1.54) is 0 Å². The number of likely N-dealkylation sites (N-methyl/N-ethyl adjacent to an activating group) is 1. The molecule has 0 radical (unpaired) electrons. The van der Waals surface area contributed by atoms with Gasteiger partial charge in [-0.15, -0.1) is 5.10 Å². The van der Waals surface area contributed by atoms with E-state index in [2.05, 4.69) is 15.4 Å². The highest BCUT2D eigenvalue weighted by molar-refractivity contribution is 5.83. The van der Waals surface area contributed by atoms with Crippen LogP contribution in [-0.2, 0) is 11.8 Å². The lowest BCUT2D eigenvalue weighted by molar-refractivity contribution is -0.131. The summed E-state index contributed by atoms with van der Waals surface area (Å²) in [5, 5.41) is 12.5. The predicted octanol–water partition coefficient (Wildman–Crippen LogP) is 1.36. The Bertz CT molecular complexity index is 805. The SMILES string of the molecule is CN(C)C(=O)C(c1ccccc1)n1cc(-c2cnn(C)c2)nn1. The molecule has 118 valence electrons. The summed E-state index contributed by atoms with van der Waals surface area (Å²) in [5.74, 6) is -0.0566. The molecule has 7 nitrogen and oxygen atoms in total. The predicted molar refractivity (Wildman–Crippen MR) is 85.5 cm³/mol. The molecule has 0 saturated heterocycles. The van der Waals surface area contributed by atoms with Gasteiger partial charge < -0.3 is 4.90 Å². The van der Waals surface area contributed by atoms with Gasteiger partial charge in [-0.05, 0) is 5.56 Å². The molecule has 0 fully saturated rings. The highest BCUT2D eigenvalue weighted by Gasteiger charge is 2.25. The van der Waals surface area contributed by atoms with Crippen molar-refractivity contribution in [3.05, 3.63) is 54.5 Å². The Labute approximate surface area is 134 Å². The molecule has 3 rings (SSSR count). The Hall–Kier alpha value is -2.96. The van der Waals surface area contributed by atoms with Crippen molar-refractivity contribution in [1.29, 1.82) is 0 Å². The average molecular weight is 310 g/mol. The molecule has 1 aromatic carbocycles. The van der Waals surface area contributed by atoms with Crippen LogP contribution in [0, 0.1) is 0 Å². The van der Waals surface area contributed by atoms with Crippen LogP contribution in [0.3, 0.4) is 0 Å². The van der Waals surface area contributed by atoms with Crippen molar-refractivity contribution in [1.82, 2.24) is 29.7 Å². The van der Waals surface area contributed by atoms with Crippen LogP contribution >= 0.6 is 0 Å². The Balaban J connectivity index is 2.01. The summed E-state index contributed by atoms with van der Waals surface area (Å²) in [6.07, 6.45) is 5.36. The molecule has 0 N–H and O–H groups in total. The number of amides is 1. The van der Waals surface area contributed by atoms with Gasteiger partial charge in [0.1, 0.15) is 5.69 Å². The van der Waals surface area contributed by atoms with Gasteiger partial charge >= 0.3 is 0 Å². The summed E-state index contributed by atoms with van der Waals surface area (Å²) in [6.45, 7) is 0. The number of carbonyl (C=O) groups is 1. The first-order chi connectivity index (χ1) is 11.1. The average Bonchev–Trinajstić information content (AvgIpc) is 3.17. The molecule has 0 spiro atoms. The number of benzene rings is 1. The zero-order chi connectivity index (χ0) is 16.4. The van der Waals surface area contributed by atoms with Crippen molar-refractivity contribution in [3.8, 4) is 11.3 Å². The van der Waals surface area contributed by atoms with Crippen LogP contribution < -0.4 is 0 Å². The summed E-state index contributed by atoms with van der Waals surface area (Å²) in [5.41, 5.74) is 2.42. The van der Waals surface area contributed by atoms with Gasteiger partial charge in [0, 0.05) is 32.9 Å². The van der Waals surface area contributed by atoms with Crippen LogP contribution in [0.5, 0.6) is 0 Å². The van der Waals surface area contributed by atoms with E-state index in [-0.39, 0.29) is 5.91 Å². The highest BCUT2D eigenvalue weighted by Crippen LogP contribution is 2.22. The number of aromatic nitrogens is 5. The molecular formula is C16H18N6O. The summed E-state index contributed by atoms with van der Waals surface area (Å²) in [4.78, 5) is 14.2. The number of aryl methyl sites for hydroxylation is 1. The maximum atomic E-state index is 12.6. The van der Waals surface area contributed by atoms with E-state index in [4.69, 9.17) is 0 Å². The van der Waals surface area contributed by atoms with E-state index < -0.39 is 6.04 Å². The largest absolute Gasteiger partial charge is 0.347 e. The monoisotopic (exact) mass is 310 g/mol. The molecule has 23 heavy (non-hydrogen) atoms. The summed E-state index contributed by atoms with van der Waals surface area (Å²) in [6, 6.07) is 9.02. The van der Waals surface area contributed by atoms with E-state index in [1.54, 1.807) is 40.8 Å². The molecule has 2 heterocycles. The van der Waals surface area contributed by atoms with Crippen LogP contribution in [0.15, 0.2) is 48.9 Å². The van der Waals surface area contributed by atoms with E-state index in [0.717, 1.165) is 11.1 Å².